The summed E-state index contributed by atoms with van der Waals surface area (Å²) in [5.74, 6) is 0.803. The van der Waals surface area contributed by atoms with Crippen LogP contribution in [0.2, 0.25) is 0 Å². The van der Waals surface area contributed by atoms with Crippen molar-refractivity contribution in [1.82, 2.24) is 4.90 Å². The number of amides is 1. The zero-order valence-corrected chi connectivity index (χ0v) is 16.9. The van der Waals surface area contributed by atoms with Gasteiger partial charge in [0.05, 0.1) is 0 Å². The summed E-state index contributed by atoms with van der Waals surface area (Å²) in [5, 5.41) is 0. The number of para-hydroxylation sites is 1. The summed E-state index contributed by atoms with van der Waals surface area (Å²) >= 11 is 0. The Hall–Kier alpha value is -2.04. The number of carbonyl (C=O) groups is 1. The molecule has 0 aliphatic carbocycles. The van der Waals surface area contributed by atoms with E-state index in [9.17, 15) is 4.79 Å². The van der Waals surface area contributed by atoms with Crippen molar-refractivity contribution in [3.05, 3.63) is 65.7 Å². The van der Waals surface area contributed by atoms with Gasteiger partial charge in [-0.25, -0.2) is 0 Å². The fourth-order valence-corrected chi connectivity index (χ4v) is 3.42. The molecule has 0 bridgehead atoms. The van der Waals surface area contributed by atoms with Crippen molar-refractivity contribution in [2.24, 2.45) is 11.1 Å². The molecular formula is C22H29ClN2O2. The van der Waals surface area contributed by atoms with Crippen LogP contribution in [0.1, 0.15) is 31.4 Å². The van der Waals surface area contributed by atoms with E-state index >= 15 is 0 Å². The molecule has 1 aliphatic heterocycles. The molecule has 5 heteroatoms. The average molecular weight is 389 g/mol. The number of piperidine rings is 1. The number of halogens is 1. The molecule has 0 saturated carbocycles. The fourth-order valence-electron chi connectivity index (χ4n) is 3.42. The van der Waals surface area contributed by atoms with Gasteiger partial charge < -0.3 is 15.4 Å². The molecule has 1 fully saturated rings. The third-order valence-corrected chi connectivity index (χ3v) is 5.23. The summed E-state index contributed by atoms with van der Waals surface area (Å²) in [4.78, 5) is 14.5. The number of hydrogen-bond donors (Lipinski definition) is 1. The maximum absolute atomic E-state index is 12.6. The van der Waals surface area contributed by atoms with Crippen molar-refractivity contribution in [2.45, 2.75) is 32.7 Å². The van der Waals surface area contributed by atoms with Gasteiger partial charge in [-0.2, -0.15) is 0 Å². The molecule has 1 amide bonds. The lowest BCUT2D eigenvalue weighted by Gasteiger charge is -2.42. The van der Waals surface area contributed by atoms with Gasteiger partial charge in [-0.1, -0.05) is 62.4 Å². The third-order valence-electron chi connectivity index (χ3n) is 5.23. The van der Waals surface area contributed by atoms with Gasteiger partial charge in [0.15, 0.2) is 6.61 Å². The van der Waals surface area contributed by atoms with Gasteiger partial charge in [0.2, 0.25) is 0 Å². The molecule has 2 aromatic rings. The van der Waals surface area contributed by atoms with Crippen molar-refractivity contribution < 1.29 is 9.53 Å². The summed E-state index contributed by atoms with van der Waals surface area (Å²) in [5.41, 5.74) is 8.42. The van der Waals surface area contributed by atoms with E-state index < -0.39 is 0 Å². The molecule has 0 radical (unpaired) electrons. The van der Waals surface area contributed by atoms with Crippen LogP contribution in [-0.4, -0.2) is 36.5 Å². The number of hydrogen-bond acceptors (Lipinski definition) is 3. The average Bonchev–Trinajstić information content (AvgIpc) is 2.64. The molecule has 1 saturated heterocycles. The smallest absolute Gasteiger partial charge is 0.260 e. The molecule has 0 aromatic heterocycles. The molecule has 1 atom stereocenters. The third kappa shape index (κ3) is 5.47. The summed E-state index contributed by atoms with van der Waals surface area (Å²) in [6.45, 7) is 5.69. The van der Waals surface area contributed by atoms with Crippen LogP contribution in [0.25, 0.3) is 0 Å². The topological polar surface area (TPSA) is 55.6 Å². The molecule has 27 heavy (non-hydrogen) atoms. The number of carbonyl (C=O) groups excluding carboxylic acids is 1. The Morgan fingerprint density at radius 2 is 1.81 bits per heavy atom. The van der Waals surface area contributed by atoms with E-state index in [1.807, 2.05) is 41.3 Å². The number of likely N-dealkylation sites (tertiary alicyclic amines) is 1. The Morgan fingerprint density at radius 3 is 2.52 bits per heavy atom. The minimum Gasteiger partial charge on any atom is -0.483 e. The standard InChI is InChI=1S/C22H28N2O2.ClH/c1-22(2)16-24(13-12-20(22)23)21(25)15-26-19-11-7-6-10-18(19)14-17-8-4-3-5-9-17;/h3-11,20H,12-16,23H2,1-2H3;1H. The maximum atomic E-state index is 12.6. The normalized spacial score (nSPS) is 18.5. The predicted molar refractivity (Wildman–Crippen MR) is 111 cm³/mol. The molecular weight excluding hydrogens is 360 g/mol. The van der Waals surface area contributed by atoms with Crippen LogP contribution in [0, 0.1) is 5.41 Å². The number of nitrogens with zero attached hydrogens (tertiary/aromatic N) is 1. The first-order valence-corrected chi connectivity index (χ1v) is 9.24. The van der Waals surface area contributed by atoms with Crippen LogP contribution in [0.15, 0.2) is 54.6 Å². The van der Waals surface area contributed by atoms with Gasteiger partial charge in [0.1, 0.15) is 5.75 Å². The second-order valence-corrected chi connectivity index (χ2v) is 7.76. The summed E-state index contributed by atoms with van der Waals surface area (Å²) in [6, 6.07) is 18.3. The second kappa shape index (κ2) is 9.25. The molecule has 1 unspecified atom stereocenters. The fraction of sp³-hybridized carbons (Fsp3) is 0.409. The minimum absolute atomic E-state index is 0. The molecule has 1 aliphatic rings. The lowest BCUT2D eigenvalue weighted by molar-refractivity contribution is -0.136. The van der Waals surface area contributed by atoms with E-state index in [2.05, 4.69) is 32.0 Å². The van der Waals surface area contributed by atoms with Crippen LogP contribution in [0.3, 0.4) is 0 Å². The van der Waals surface area contributed by atoms with Crippen LogP contribution in [0.4, 0.5) is 0 Å². The van der Waals surface area contributed by atoms with E-state index in [4.69, 9.17) is 10.5 Å². The molecule has 3 rings (SSSR count). The van der Waals surface area contributed by atoms with E-state index in [0.29, 0.717) is 13.1 Å². The highest BCUT2D eigenvalue weighted by Gasteiger charge is 2.35. The van der Waals surface area contributed by atoms with Gasteiger partial charge in [0.25, 0.3) is 5.91 Å². The highest BCUT2D eigenvalue weighted by molar-refractivity contribution is 5.85. The van der Waals surface area contributed by atoms with Crippen molar-refractivity contribution in [3.63, 3.8) is 0 Å². The molecule has 2 N–H and O–H groups in total. The first-order valence-electron chi connectivity index (χ1n) is 9.24. The van der Waals surface area contributed by atoms with Gasteiger partial charge in [0, 0.05) is 25.6 Å². The molecule has 0 spiro atoms. The maximum Gasteiger partial charge on any atom is 0.260 e. The van der Waals surface area contributed by atoms with Crippen LogP contribution in [0.5, 0.6) is 5.75 Å². The van der Waals surface area contributed by atoms with Gasteiger partial charge in [-0.15, -0.1) is 12.4 Å². The Balaban J connectivity index is 0.00000261. The monoisotopic (exact) mass is 388 g/mol. The molecule has 4 nitrogen and oxygen atoms in total. The Morgan fingerprint density at radius 1 is 1.15 bits per heavy atom. The predicted octanol–water partition coefficient (Wildman–Crippen LogP) is 3.66. The molecule has 1 heterocycles. The van der Waals surface area contributed by atoms with Gasteiger partial charge >= 0.3 is 0 Å². The Bertz CT molecular complexity index is 749. The van der Waals surface area contributed by atoms with Gasteiger partial charge in [-0.3, -0.25) is 4.79 Å². The van der Waals surface area contributed by atoms with E-state index in [1.165, 1.54) is 5.56 Å². The number of ether oxygens (including phenoxy) is 1. The first-order chi connectivity index (χ1) is 12.5. The zero-order chi connectivity index (χ0) is 18.6. The van der Waals surface area contributed by atoms with Crippen molar-refractivity contribution in [2.75, 3.05) is 19.7 Å². The van der Waals surface area contributed by atoms with Crippen LogP contribution < -0.4 is 10.5 Å². The second-order valence-electron chi connectivity index (χ2n) is 7.76. The van der Waals surface area contributed by atoms with Crippen LogP contribution >= 0.6 is 12.4 Å². The van der Waals surface area contributed by atoms with E-state index in [0.717, 1.165) is 24.2 Å². The molecule has 2 aromatic carbocycles. The molecule has 146 valence electrons. The lowest BCUT2D eigenvalue weighted by Crippen LogP contribution is -2.54. The first kappa shape index (κ1) is 21.3. The summed E-state index contributed by atoms with van der Waals surface area (Å²) in [6.07, 6.45) is 1.63. The Labute approximate surface area is 168 Å². The van der Waals surface area contributed by atoms with Crippen molar-refractivity contribution in [3.8, 4) is 5.75 Å². The SMILES string of the molecule is CC1(C)CN(C(=O)COc2ccccc2Cc2ccccc2)CCC1N.Cl. The van der Waals surface area contributed by atoms with E-state index in [1.54, 1.807) is 0 Å². The van der Waals surface area contributed by atoms with Gasteiger partial charge in [-0.05, 0) is 29.0 Å². The zero-order valence-electron chi connectivity index (χ0n) is 16.1. The quantitative estimate of drug-likeness (QED) is 0.850. The minimum atomic E-state index is -0.0564. The highest BCUT2D eigenvalue weighted by atomic mass is 35.5. The summed E-state index contributed by atoms with van der Waals surface area (Å²) < 4.78 is 5.90. The van der Waals surface area contributed by atoms with Crippen molar-refractivity contribution >= 4 is 18.3 Å². The van der Waals surface area contributed by atoms with E-state index in [-0.39, 0.29) is 36.4 Å². The highest BCUT2D eigenvalue weighted by Crippen LogP contribution is 2.28. The summed E-state index contributed by atoms with van der Waals surface area (Å²) in [7, 11) is 0. The lowest BCUT2D eigenvalue weighted by atomic mass is 9.80. The Kier molecular flexibility index (Phi) is 7.28. The number of benzene rings is 2. The number of rotatable bonds is 5. The van der Waals surface area contributed by atoms with Crippen molar-refractivity contribution in [1.29, 1.82) is 0 Å². The van der Waals surface area contributed by atoms with Crippen LogP contribution in [-0.2, 0) is 11.2 Å². The largest absolute Gasteiger partial charge is 0.483 e. The number of nitrogens with two attached hydrogens (primary N) is 1.